The molecule has 2 aromatic rings. The molecule has 1 aromatic heterocycles. The van der Waals surface area contributed by atoms with Crippen LogP contribution in [-0.2, 0) is 0 Å². The molecule has 0 amide bonds. The Bertz CT molecular complexity index is 700. The number of hydrogen-bond donors (Lipinski definition) is 2. The number of rotatable bonds is 6. The van der Waals surface area contributed by atoms with Gasteiger partial charge in [-0.15, -0.1) is 0 Å². The number of benzene rings is 1. The Kier molecular flexibility index (Phi) is 6.91. The Morgan fingerprint density at radius 2 is 1.88 bits per heavy atom. The van der Waals surface area contributed by atoms with Crippen molar-refractivity contribution < 1.29 is 4.90 Å². The summed E-state index contributed by atoms with van der Waals surface area (Å²) in [7, 11) is 4.33. The number of pyridine rings is 1. The van der Waals surface area contributed by atoms with Gasteiger partial charge in [-0.2, -0.15) is 0 Å². The van der Waals surface area contributed by atoms with E-state index in [9.17, 15) is 0 Å². The van der Waals surface area contributed by atoms with E-state index >= 15 is 0 Å². The molecule has 0 bridgehead atoms. The number of nitrogens with zero attached hydrogens (tertiary/aromatic N) is 2. The SMILES string of the molecule is Cc1ccc(NC(=S)N(CC[NH+](C)C)C(C)c2ccncc2)c(C)c1. The van der Waals surface area contributed by atoms with E-state index in [-0.39, 0.29) is 6.04 Å². The minimum Gasteiger partial charge on any atom is -0.338 e. The lowest BCUT2D eigenvalue weighted by atomic mass is 10.1. The van der Waals surface area contributed by atoms with Crippen molar-refractivity contribution in [2.24, 2.45) is 0 Å². The van der Waals surface area contributed by atoms with Crippen molar-refractivity contribution in [1.29, 1.82) is 0 Å². The van der Waals surface area contributed by atoms with E-state index in [4.69, 9.17) is 12.2 Å². The van der Waals surface area contributed by atoms with Gasteiger partial charge in [-0.25, -0.2) is 0 Å². The summed E-state index contributed by atoms with van der Waals surface area (Å²) >= 11 is 5.77. The predicted molar refractivity (Wildman–Crippen MR) is 109 cm³/mol. The second-order valence-electron chi connectivity index (χ2n) is 6.86. The van der Waals surface area contributed by atoms with Gasteiger partial charge in [0.15, 0.2) is 5.11 Å². The largest absolute Gasteiger partial charge is 0.338 e. The molecule has 0 aliphatic carbocycles. The third-order valence-corrected chi connectivity index (χ3v) is 4.73. The van der Waals surface area contributed by atoms with Gasteiger partial charge in [0.1, 0.15) is 0 Å². The third kappa shape index (κ3) is 5.51. The summed E-state index contributed by atoms with van der Waals surface area (Å²) in [6.45, 7) is 8.31. The number of anilines is 1. The van der Waals surface area contributed by atoms with Gasteiger partial charge in [-0.05, 0) is 62.3 Å². The number of quaternary nitrogens is 1. The first-order chi connectivity index (χ1) is 11.9. The van der Waals surface area contributed by atoms with Crippen LogP contribution in [0.15, 0.2) is 42.7 Å². The third-order valence-electron chi connectivity index (χ3n) is 4.39. The Morgan fingerprint density at radius 1 is 1.20 bits per heavy atom. The maximum atomic E-state index is 5.77. The van der Waals surface area contributed by atoms with E-state index in [2.05, 4.69) is 80.4 Å². The molecule has 0 aliphatic heterocycles. The van der Waals surface area contributed by atoms with Gasteiger partial charge in [0.2, 0.25) is 0 Å². The zero-order valence-corrected chi connectivity index (χ0v) is 16.7. The molecule has 25 heavy (non-hydrogen) atoms. The molecule has 1 aromatic carbocycles. The van der Waals surface area contributed by atoms with E-state index in [1.165, 1.54) is 21.6 Å². The number of nitrogens with one attached hydrogen (secondary N) is 2. The highest BCUT2D eigenvalue weighted by molar-refractivity contribution is 7.80. The first-order valence-corrected chi connectivity index (χ1v) is 9.13. The smallest absolute Gasteiger partial charge is 0.174 e. The zero-order chi connectivity index (χ0) is 18.4. The van der Waals surface area contributed by atoms with Crippen LogP contribution in [-0.4, -0.2) is 42.2 Å². The molecule has 1 atom stereocenters. The van der Waals surface area contributed by atoms with Crippen molar-refractivity contribution in [3.05, 3.63) is 59.4 Å². The average molecular weight is 358 g/mol. The summed E-state index contributed by atoms with van der Waals surface area (Å²) in [4.78, 5) is 7.79. The lowest BCUT2D eigenvalue weighted by Crippen LogP contribution is -3.06. The standard InChI is InChI=1S/C20H28N4S/c1-15-6-7-19(16(2)14-15)22-20(25)24(13-12-23(4)5)17(3)18-8-10-21-11-9-18/h6-11,14,17H,12-13H2,1-5H3,(H,22,25)/p+1. The molecule has 0 aliphatic rings. The van der Waals surface area contributed by atoms with E-state index in [0.717, 1.165) is 23.9 Å². The van der Waals surface area contributed by atoms with Crippen LogP contribution in [0.4, 0.5) is 5.69 Å². The highest BCUT2D eigenvalue weighted by Gasteiger charge is 2.20. The molecular formula is C20H29N4S+. The van der Waals surface area contributed by atoms with Crippen LogP contribution in [0.2, 0.25) is 0 Å². The molecule has 134 valence electrons. The summed E-state index contributed by atoms with van der Waals surface area (Å²) in [5.74, 6) is 0. The van der Waals surface area contributed by atoms with Gasteiger partial charge in [0.25, 0.3) is 0 Å². The molecule has 0 saturated heterocycles. The molecule has 1 heterocycles. The summed E-state index contributed by atoms with van der Waals surface area (Å²) < 4.78 is 0. The van der Waals surface area contributed by atoms with Crippen molar-refractivity contribution in [2.75, 3.05) is 32.5 Å². The van der Waals surface area contributed by atoms with Crippen LogP contribution < -0.4 is 10.2 Å². The molecule has 0 fully saturated rings. The van der Waals surface area contributed by atoms with Crippen molar-refractivity contribution >= 4 is 23.0 Å². The molecular weight excluding hydrogens is 328 g/mol. The summed E-state index contributed by atoms with van der Waals surface area (Å²) in [5, 5.41) is 4.21. The van der Waals surface area contributed by atoms with Crippen LogP contribution >= 0.6 is 12.2 Å². The van der Waals surface area contributed by atoms with Gasteiger partial charge in [0, 0.05) is 18.1 Å². The van der Waals surface area contributed by atoms with E-state index < -0.39 is 0 Å². The van der Waals surface area contributed by atoms with Crippen molar-refractivity contribution in [2.45, 2.75) is 26.8 Å². The lowest BCUT2D eigenvalue weighted by molar-refractivity contribution is -0.857. The predicted octanol–water partition coefficient (Wildman–Crippen LogP) is 2.60. The van der Waals surface area contributed by atoms with Crippen LogP contribution in [0.3, 0.4) is 0 Å². The number of hydrogen-bond acceptors (Lipinski definition) is 2. The highest BCUT2D eigenvalue weighted by atomic mass is 32.1. The lowest BCUT2D eigenvalue weighted by Gasteiger charge is -2.32. The van der Waals surface area contributed by atoms with E-state index in [1.54, 1.807) is 0 Å². The molecule has 2 N–H and O–H groups in total. The van der Waals surface area contributed by atoms with E-state index in [0.29, 0.717) is 0 Å². The Balaban J connectivity index is 2.20. The molecule has 0 radical (unpaired) electrons. The zero-order valence-electron chi connectivity index (χ0n) is 15.8. The quantitative estimate of drug-likeness (QED) is 0.779. The first-order valence-electron chi connectivity index (χ1n) is 8.72. The molecule has 1 unspecified atom stereocenters. The molecule has 5 heteroatoms. The van der Waals surface area contributed by atoms with Crippen LogP contribution in [0.1, 0.15) is 29.7 Å². The van der Waals surface area contributed by atoms with Crippen LogP contribution in [0.5, 0.6) is 0 Å². The first kappa shape index (κ1) is 19.3. The van der Waals surface area contributed by atoms with Gasteiger partial charge < -0.3 is 15.1 Å². The van der Waals surface area contributed by atoms with Gasteiger partial charge >= 0.3 is 0 Å². The monoisotopic (exact) mass is 357 g/mol. The molecule has 2 rings (SSSR count). The average Bonchev–Trinajstić information content (AvgIpc) is 2.58. The van der Waals surface area contributed by atoms with Crippen LogP contribution in [0.25, 0.3) is 0 Å². The highest BCUT2D eigenvalue weighted by Crippen LogP contribution is 2.22. The van der Waals surface area contributed by atoms with E-state index in [1.807, 2.05) is 12.4 Å². The number of aromatic nitrogens is 1. The fourth-order valence-corrected chi connectivity index (χ4v) is 3.14. The number of aryl methyl sites for hydroxylation is 2. The maximum Gasteiger partial charge on any atom is 0.174 e. The van der Waals surface area contributed by atoms with Gasteiger partial charge in [0.05, 0.1) is 33.2 Å². The van der Waals surface area contributed by atoms with Gasteiger partial charge in [-0.3, -0.25) is 4.98 Å². The Hall–Kier alpha value is -1.98. The second-order valence-corrected chi connectivity index (χ2v) is 7.24. The summed E-state index contributed by atoms with van der Waals surface area (Å²) in [5.41, 5.74) is 4.75. The fraction of sp³-hybridized carbons (Fsp3) is 0.400. The minimum absolute atomic E-state index is 0.188. The van der Waals surface area contributed by atoms with Crippen molar-refractivity contribution in [3.63, 3.8) is 0 Å². The topological polar surface area (TPSA) is 32.6 Å². The normalized spacial score (nSPS) is 12.1. The summed E-state index contributed by atoms with van der Waals surface area (Å²) in [6, 6.07) is 10.7. The maximum absolute atomic E-state index is 5.77. The fourth-order valence-electron chi connectivity index (χ4n) is 2.78. The van der Waals surface area contributed by atoms with Crippen molar-refractivity contribution in [3.8, 4) is 0 Å². The van der Waals surface area contributed by atoms with Crippen molar-refractivity contribution in [1.82, 2.24) is 9.88 Å². The summed E-state index contributed by atoms with van der Waals surface area (Å²) in [6.07, 6.45) is 3.67. The number of thiocarbonyl (C=S) groups is 1. The molecule has 0 spiro atoms. The van der Waals surface area contributed by atoms with Crippen LogP contribution in [0, 0.1) is 13.8 Å². The molecule has 0 saturated carbocycles. The Morgan fingerprint density at radius 3 is 2.48 bits per heavy atom. The Labute approximate surface area is 156 Å². The number of likely N-dealkylation sites (N-methyl/N-ethyl adjacent to an activating group) is 1. The minimum atomic E-state index is 0.188. The molecule has 4 nitrogen and oxygen atoms in total. The van der Waals surface area contributed by atoms with Gasteiger partial charge in [-0.1, -0.05) is 17.7 Å². The second kappa shape index (κ2) is 8.92.